The molecule has 0 spiro atoms. The number of para-hydroxylation sites is 1. The fourth-order valence-corrected chi connectivity index (χ4v) is 5.17. The van der Waals surface area contributed by atoms with Crippen LogP contribution in [0.2, 0.25) is 5.02 Å². The highest BCUT2D eigenvalue weighted by atomic mass is 35.5. The first kappa shape index (κ1) is 20.9. The predicted molar refractivity (Wildman–Crippen MR) is 123 cm³/mol. The van der Waals surface area contributed by atoms with E-state index in [2.05, 4.69) is 14.8 Å². The van der Waals surface area contributed by atoms with Gasteiger partial charge in [-0.05, 0) is 44.0 Å². The van der Waals surface area contributed by atoms with Crippen LogP contribution in [0.15, 0.2) is 59.8 Å². The van der Waals surface area contributed by atoms with Crippen molar-refractivity contribution in [3.8, 4) is 11.4 Å². The lowest BCUT2D eigenvalue weighted by Gasteiger charge is -2.22. The molecule has 30 heavy (non-hydrogen) atoms. The van der Waals surface area contributed by atoms with Gasteiger partial charge in [0.15, 0.2) is 11.0 Å². The molecule has 1 atom stereocenters. The van der Waals surface area contributed by atoms with Crippen LogP contribution in [0.4, 0.5) is 5.69 Å². The number of anilines is 1. The van der Waals surface area contributed by atoms with Crippen molar-refractivity contribution in [1.29, 1.82) is 0 Å². The lowest BCUT2D eigenvalue weighted by molar-refractivity contribution is -0.117. The molecule has 156 valence electrons. The van der Waals surface area contributed by atoms with Gasteiger partial charge in [-0.1, -0.05) is 66.5 Å². The highest BCUT2D eigenvalue weighted by Gasteiger charge is 2.28. The normalized spacial score (nSPS) is 15.3. The van der Waals surface area contributed by atoms with Gasteiger partial charge in [-0.15, -0.1) is 10.2 Å². The highest BCUT2D eigenvalue weighted by Crippen LogP contribution is 2.39. The van der Waals surface area contributed by atoms with Crippen LogP contribution in [-0.2, 0) is 4.79 Å². The first-order valence-electron chi connectivity index (χ1n) is 10.3. The van der Waals surface area contributed by atoms with Crippen molar-refractivity contribution in [3.05, 3.63) is 59.6 Å². The summed E-state index contributed by atoms with van der Waals surface area (Å²) in [5, 5.41) is 10.1. The summed E-state index contributed by atoms with van der Waals surface area (Å²) >= 11 is 7.93. The van der Waals surface area contributed by atoms with E-state index in [4.69, 9.17) is 11.6 Å². The number of carbonyl (C=O) groups is 1. The Labute approximate surface area is 186 Å². The van der Waals surface area contributed by atoms with Crippen molar-refractivity contribution < 1.29 is 4.79 Å². The third kappa shape index (κ3) is 4.25. The van der Waals surface area contributed by atoms with Crippen LogP contribution in [0.3, 0.4) is 0 Å². The molecule has 1 aliphatic rings. The van der Waals surface area contributed by atoms with Gasteiger partial charge in [0, 0.05) is 24.3 Å². The molecule has 5 nitrogen and oxygen atoms in total. The van der Waals surface area contributed by atoms with Crippen molar-refractivity contribution in [1.82, 2.24) is 14.8 Å². The zero-order valence-electron chi connectivity index (χ0n) is 17.2. The molecule has 1 heterocycles. The van der Waals surface area contributed by atoms with Crippen LogP contribution in [0.5, 0.6) is 0 Å². The Morgan fingerprint density at radius 1 is 1.10 bits per heavy atom. The van der Waals surface area contributed by atoms with Gasteiger partial charge in [-0.3, -0.25) is 9.36 Å². The Hall–Kier alpha value is -2.31. The Bertz CT molecular complexity index is 1020. The van der Waals surface area contributed by atoms with E-state index in [0.717, 1.165) is 35.1 Å². The van der Waals surface area contributed by atoms with Gasteiger partial charge in [0.25, 0.3) is 0 Å². The maximum absolute atomic E-state index is 13.0. The molecule has 0 aliphatic heterocycles. The molecular formula is C23H25ClN4OS. The Kier molecular flexibility index (Phi) is 6.44. The van der Waals surface area contributed by atoms with Gasteiger partial charge in [0.1, 0.15) is 0 Å². The second-order valence-corrected chi connectivity index (χ2v) is 9.30. The van der Waals surface area contributed by atoms with Gasteiger partial charge >= 0.3 is 0 Å². The number of rotatable bonds is 6. The zero-order valence-corrected chi connectivity index (χ0v) is 18.7. The maximum Gasteiger partial charge on any atom is 0.240 e. The number of amides is 1. The molecule has 1 aromatic heterocycles. The maximum atomic E-state index is 13.0. The van der Waals surface area contributed by atoms with Crippen molar-refractivity contribution >= 4 is 35.0 Å². The summed E-state index contributed by atoms with van der Waals surface area (Å²) in [6.07, 6.45) is 4.57. The van der Waals surface area contributed by atoms with E-state index in [1.807, 2.05) is 68.6 Å². The molecule has 1 amide bonds. The van der Waals surface area contributed by atoms with Crippen LogP contribution < -0.4 is 4.90 Å². The number of nitrogens with zero attached hydrogens (tertiary/aromatic N) is 4. The fraction of sp³-hybridized carbons (Fsp3) is 0.348. The van der Waals surface area contributed by atoms with E-state index in [0.29, 0.717) is 11.1 Å². The molecule has 0 unspecified atom stereocenters. The van der Waals surface area contributed by atoms with E-state index in [1.54, 1.807) is 4.90 Å². The molecule has 3 aromatic rings. The topological polar surface area (TPSA) is 51.0 Å². The minimum absolute atomic E-state index is 0.0338. The summed E-state index contributed by atoms with van der Waals surface area (Å²) < 4.78 is 2.20. The SMILES string of the molecule is C[C@H](Sc1nnc(-c2ccccc2Cl)n1C1CCCC1)C(=O)N(C)c1ccccc1. The summed E-state index contributed by atoms with van der Waals surface area (Å²) in [6, 6.07) is 17.7. The number of carbonyl (C=O) groups excluding carboxylic acids is 1. The van der Waals surface area contributed by atoms with Gasteiger partial charge in [0.05, 0.1) is 10.3 Å². The third-order valence-corrected chi connectivity index (χ3v) is 6.95. The van der Waals surface area contributed by atoms with Crippen LogP contribution in [0.25, 0.3) is 11.4 Å². The molecule has 0 saturated heterocycles. The van der Waals surface area contributed by atoms with Crippen LogP contribution >= 0.6 is 23.4 Å². The van der Waals surface area contributed by atoms with E-state index in [1.165, 1.54) is 24.6 Å². The van der Waals surface area contributed by atoms with Gasteiger partial charge in [-0.2, -0.15) is 0 Å². The molecule has 1 saturated carbocycles. The zero-order chi connectivity index (χ0) is 21.1. The van der Waals surface area contributed by atoms with Gasteiger partial charge in [-0.25, -0.2) is 0 Å². The molecule has 0 bridgehead atoms. The average Bonchev–Trinajstić information content (AvgIpc) is 3.43. The molecule has 7 heteroatoms. The first-order chi connectivity index (χ1) is 14.6. The molecule has 4 rings (SSSR count). The third-order valence-electron chi connectivity index (χ3n) is 5.57. The van der Waals surface area contributed by atoms with Gasteiger partial charge in [0.2, 0.25) is 5.91 Å². The number of aromatic nitrogens is 3. The van der Waals surface area contributed by atoms with Crippen LogP contribution in [-0.4, -0.2) is 33.0 Å². The molecule has 1 fully saturated rings. The second-order valence-electron chi connectivity index (χ2n) is 7.59. The fourth-order valence-electron chi connectivity index (χ4n) is 3.94. The minimum atomic E-state index is -0.293. The van der Waals surface area contributed by atoms with E-state index in [9.17, 15) is 4.79 Å². The van der Waals surface area contributed by atoms with E-state index >= 15 is 0 Å². The Morgan fingerprint density at radius 3 is 2.47 bits per heavy atom. The number of thioether (sulfide) groups is 1. The number of halogens is 1. The number of hydrogen-bond acceptors (Lipinski definition) is 4. The highest BCUT2D eigenvalue weighted by molar-refractivity contribution is 8.00. The molecule has 0 radical (unpaired) electrons. The molecular weight excluding hydrogens is 416 g/mol. The van der Waals surface area contributed by atoms with E-state index < -0.39 is 0 Å². The Balaban J connectivity index is 1.62. The first-order valence-corrected chi connectivity index (χ1v) is 11.5. The van der Waals surface area contributed by atoms with Gasteiger partial charge < -0.3 is 4.90 Å². The summed E-state index contributed by atoms with van der Waals surface area (Å²) in [6.45, 7) is 1.93. The molecule has 0 N–H and O–H groups in total. The number of hydrogen-bond donors (Lipinski definition) is 0. The lowest BCUT2D eigenvalue weighted by atomic mass is 10.2. The second kappa shape index (κ2) is 9.23. The monoisotopic (exact) mass is 440 g/mol. The Morgan fingerprint density at radius 2 is 1.77 bits per heavy atom. The smallest absolute Gasteiger partial charge is 0.240 e. The molecule has 2 aromatic carbocycles. The van der Waals surface area contributed by atoms with Crippen molar-refractivity contribution in [2.75, 3.05) is 11.9 Å². The molecule has 1 aliphatic carbocycles. The predicted octanol–water partition coefficient (Wildman–Crippen LogP) is 5.86. The summed E-state index contributed by atoms with van der Waals surface area (Å²) in [4.78, 5) is 14.7. The lowest BCUT2D eigenvalue weighted by Crippen LogP contribution is -2.33. The van der Waals surface area contributed by atoms with Crippen LogP contribution in [0.1, 0.15) is 38.6 Å². The minimum Gasteiger partial charge on any atom is -0.315 e. The number of benzene rings is 2. The van der Waals surface area contributed by atoms with Crippen molar-refractivity contribution in [3.63, 3.8) is 0 Å². The summed E-state index contributed by atoms with van der Waals surface area (Å²) in [7, 11) is 1.81. The summed E-state index contributed by atoms with van der Waals surface area (Å²) in [5.41, 5.74) is 1.76. The average molecular weight is 441 g/mol. The van der Waals surface area contributed by atoms with E-state index in [-0.39, 0.29) is 11.2 Å². The summed E-state index contributed by atoms with van der Waals surface area (Å²) in [5.74, 6) is 0.817. The largest absolute Gasteiger partial charge is 0.315 e. The van der Waals surface area contributed by atoms with Crippen molar-refractivity contribution in [2.24, 2.45) is 0 Å². The van der Waals surface area contributed by atoms with Crippen LogP contribution in [0, 0.1) is 0 Å². The van der Waals surface area contributed by atoms with Crippen molar-refractivity contribution in [2.45, 2.75) is 49.1 Å². The quantitative estimate of drug-likeness (QED) is 0.450. The standard InChI is InChI=1S/C23H25ClN4OS/c1-16(22(29)27(2)17-10-4-3-5-11-17)30-23-26-25-21(19-14-8-9-15-20(19)24)28(23)18-12-6-7-13-18/h3-5,8-11,14-16,18H,6-7,12-13H2,1-2H3/t16-/m0/s1.